The van der Waals surface area contributed by atoms with Crippen molar-refractivity contribution >= 4 is 21.0 Å². The summed E-state index contributed by atoms with van der Waals surface area (Å²) >= 11 is 0. The molecule has 0 amide bonds. The van der Waals surface area contributed by atoms with Gasteiger partial charge in [0.1, 0.15) is 11.6 Å². The second-order valence-corrected chi connectivity index (χ2v) is 7.17. The number of nitrogens with zero attached hydrogens (tertiary/aromatic N) is 4. The van der Waals surface area contributed by atoms with Crippen molar-refractivity contribution in [2.45, 2.75) is 19.0 Å². The third kappa shape index (κ3) is 6.20. The molecule has 0 spiro atoms. The molecule has 151 valence electrons. The van der Waals surface area contributed by atoms with Crippen molar-refractivity contribution in [1.82, 2.24) is 19.9 Å². The molecule has 0 aliphatic carbocycles. The van der Waals surface area contributed by atoms with Crippen LogP contribution in [0.3, 0.4) is 0 Å². The first-order valence-electron chi connectivity index (χ1n) is 8.32. The SMILES string of the molecule is Cc1nc(C)nc(S(=O)(=O)O)n1.[Ir].[c-]1ccccc1-c1ccc2ccccc2n1. The second kappa shape index (κ2) is 9.75. The average molecular weight is 586 g/mol. The third-order valence-electron chi connectivity index (χ3n) is 3.65. The second-order valence-electron chi connectivity index (χ2n) is 5.85. The summed E-state index contributed by atoms with van der Waals surface area (Å²) in [5.41, 5.74) is 3.03. The maximum absolute atomic E-state index is 10.5. The van der Waals surface area contributed by atoms with Crippen LogP contribution in [0.15, 0.2) is 65.8 Å². The maximum atomic E-state index is 10.5. The minimum Gasteiger partial charge on any atom is -0.296 e. The molecule has 1 radical (unpaired) electrons. The number of fused-ring (bicyclic) bond motifs is 1. The van der Waals surface area contributed by atoms with Gasteiger partial charge in [0.15, 0.2) is 0 Å². The number of aromatic nitrogens is 4. The molecule has 4 aromatic rings. The summed E-state index contributed by atoms with van der Waals surface area (Å²) in [5, 5.41) is 0.565. The maximum Gasteiger partial charge on any atom is 0.330 e. The Morgan fingerprint density at radius 1 is 0.828 bits per heavy atom. The Morgan fingerprint density at radius 3 is 2.10 bits per heavy atom. The Kier molecular flexibility index (Phi) is 7.64. The average Bonchev–Trinajstić information content (AvgIpc) is 2.67. The first-order chi connectivity index (χ1) is 13.3. The monoisotopic (exact) mass is 586 g/mol. The third-order valence-corrected chi connectivity index (χ3v) is 4.30. The summed E-state index contributed by atoms with van der Waals surface area (Å²) in [7, 11) is -4.31. The number of hydrogen-bond acceptors (Lipinski definition) is 6. The predicted molar refractivity (Wildman–Crippen MR) is 105 cm³/mol. The van der Waals surface area contributed by atoms with E-state index >= 15 is 0 Å². The van der Waals surface area contributed by atoms with Crippen LogP contribution in [-0.2, 0) is 30.2 Å². The van der Waals surface area contributed by atoms with Gasteiger partial charge in [-0.3, -0.25) is 9.54 Å². The predicted octanol–water partition coefficient (Wildman–Crippen LogP) is 3.43. The molecule has 9 heteroatoms. The molecule has 1 N–H and O–H groups in total. The molecule has 4 rings (SSSR count). The molecule has 29 heavy (non-hydrogen) atoms. The molecule has 0 saturated carbocycles. The van der Waals surface area contributed by atoms with Gasteiger partial charge >= 0.3 is 10.1 Å². The normalized spacial score (nSPS) is 10.6. The number of hydrogen-bond donors (Lipinski definition) is 1. The first kappa shape index (κ1) is 22.7. The number of rotatable bonds is 2. The van der Waals surface area contributed by atoms with E-state index in [4.69, 9.17) is 4.55 Å². The summed E-state index contributed by atoms with van der Waals surface area (Å²) in [6.07, 6.45) is 0. The summed E-state index contributed by atoms with van der Waals surface area (Å²) in [4.78, 5) is 15.3. The number of pyridine rings is 1. The van der Waals surface area contributed by atoms with Crippen molar-refractivity contribution in [1.29, 1.82) is 0 Å². The van der Waals surface area contributed by atoms with Gasteiger partial charge in [0, 0.05) is 20.1 Å². The summed E-state index contributed by atoms with van der Waals surface area (Å²) < 4.78 is 29.6. The fourth-order valence-corrected chi connectivity index (χ4v) is 2.97. The smallest absolute Gasteiger partial charge is 0.296 e. The Balaban J connectivity index is 0.000000209. The van der Waals surface area contributed by atoms with Crippen LogP contribution < -0.4 is 0 Å². The number of aryl methyl sites for hydroxylation is 2. The van der Waals surface area contributed by atoms with Crippen molar-refractivity contribution in [3.8, 4) is 11.3 Å². The Labute approximate surface area is 182 Å². The molecule has 0 fully saturated rings. The van der Waals surface area contributed by atoms with Crippen LogP contribution in [0, 0.1) is 19.9 Å². The van der Waals surface area contributed by atoms with E-state index < -0.39 is 15.3 Å². The van der Waals surface area contributed by atoms with Crippen LogP contribution in [-0.4, -0.2) is 32.9 Å². The first-order valence-corrected chi connectivity index (χ1v) is 9.76. The standard InChI is InChI=1S/C15H10N.C5H7N3O3S.Ir/c1-2-6-12(7-3-1)15-11-10-13-8-4-5-9-14(13)16-15;1-3-6-4(2)8-5(7-3)12(9,10)11;/h1-6,8-11H;1-2H3,(H,9,10,11);/q-1;;. The molecule has 0 bridgehead atoms. The quantitative estimate of drug-likeness (QED) is 0.284. The molecular formula is C20H17IrN4O3S-. The van der Waals surface area contributed by atoms with Crippen LogP contribution in [0.1, 0.15) is 11.6 Å². The van der Waals surface area contributed by atoms with E-state index in [-0.39, 0.29) is 31.8 Å². The van der Waals surface area contributed by atoms with E-state index in [1.807, 2.05) is 48.5 Å². The molecule has 2 aromatic carbocycles. The molecule has 2 aromatic heterocycles. The Bertz CT molecular complexity index is 1200. The van der Waals surface area contributed by atoms with Gasteiger partial charge in [0.25, 0.3) is 5.16 Å². The summed E-state index contributed by atoms with van der Waals surface area (Å²) in [6, 6.07) is 23.4. The number of para-hydroxylation sites is 1. The number of benzene rings is 2. The molecule has 0 unspecified atom stereocenters. The van der Waals surface area contributed by atoms with Crippen LogP contribution in [0.25, 0.3) is 22.2 Å². The largest absolute Gasteiger partial charge is 0.330 e. The van der Waals surface area contributed by atoms with Crippen LogP contribution in [0.4, 0.5) is 0 Å². The summed E-state index contributed by atoms with van der Waals surface area (Å²) in [6.45, 7) is 3.03. The van der Waals surface area contributed by atoms with Gasteiger partial charge < -0.3 is 0 Å². The van der Waals surface area contributed by atoms with Gasteiger partial charge in [-0.05, 0) is 31.0 Å². The molecule has 0 atom stereocenters. The Morgan fingerprint density at radius 2 is 1.48 bits per heavy atom. The molecule has 7 nitrogen and oxygen atoms in total. The Hall–Kier alpha value is -2.58. The van der Waals surface area contributed by atoms with Crippen LogP contribution in [0.5, 0.6) is 0 Å². The van der Waals surface area contributed by atoms with E-state index in [2.05, 4.69) is 38.1 Å². The van der Waals surface area contributed by atoms with Gasteiger partial charge in [-0.2, -0.15) is 8.42 Å². The minimum absolute atomic E-state index is 0. The van der Waals surface area contributed by atoms with Gasteiger partial charge in [0.05, 0.1) is 5.52 Å². The molecule has 0 saturated heterocycles. The van der Waals surface area contributed by atoms with E-state index in [9.17, 15) is 8.42 Å². The summed E-state index contributed by atoms with van der Waals surface area (Å²) in [5.74, 6) is 0.519. The molecular weight excluding hydrogens is 569 g/mol. The van der Waals surface area contributed by atoms with E-state index in [0.717, 1.165) is 16.8 Å². The van der Waals surface area contributed by atoms with Crippen LogP contribution >= 0.6 is 0 Å². The van der Waals surface area contributed by atoms with Crippen molar-refractivity contribution in [3.05, 3.63) is 78.4 Å². The molecule has 2 heterocycles. The van der Waals surface area contributed by atoms with Gasteiger partial charge in [-0.25, -0.2) is 15.0 Å². The molecule has 0 aliphatic rings. The van der Waals surface area contributed by atoms with Crippen molar-refractivity contribution in [2.24, 2.45) is 0 Å². The zero-order chi connectivity index (χ0) is 20.1. The topological polar surface area (TPSA) is 106 Å². The zero-order valence-corrected chi connectivity index (χ0v) is 18.8. The van der Waals surface area contributed by atoms with Crippen molar-refractivity contribution < 1.29 is 33.1 Å². The van der Waals surface area contributed by atoms with Crippen LogP contribution in [0.2, 0.25) is 0 Å². The van der Waals surface area contributed by atoms with Gasteiger partial charge in [-0.1, -0.05) is 30.3 Å². The van der Waals surface area contributed by atoms with E-state index in [1.54, 1.807) is 0 Å². The van der Waals surface area contributed by atoms with Gasteiger partial charge in [-0.15, -0.1) is 35.9 Å². The fourth-order valence-electron chi connectivity index (χ4n) is 2.47. The van der Waals surface area contributed by atoms with E-state index in [0.29, 0.717) is 0 Å². The van der Waals surface area contributed by atoms with Crippen molar-refractivity contribution in [3.63, 3.8) is 0 Å². The fraction of sp³-hybridized carbons (Fsp3) is 0.100. The van der Waals surface area contributed by atoms with Gasteiger partial charge in [0.2, 0.25) is 0 Å². The zero-order valence-electron chi connectivity index (χ0n) is 15.6. The van der Waals surface area contributed by atoms with Crippen molar-refractivity contribution in [2.75, 3.05) is 0 Å². The van der Waals surface area contributed by atoms with E-state index in [1.165, 1.54) is 19.2 Å². The minimum atomic E-state index is -4.31. The molecule has 0 aliphatic heterocycles.